The van der Waals surface area contributed by atoms with Gasteiger partial charge in [-0.15, -0.1) is 0 Å². The number of rotatable bonds is 1. The molecule has 1 fully saturated rings. The molecule has 2 heterocycles. The molecule has 0 atom stereocenters. The predicted octanol–water partition coefficient (Wildman–Crippen LogP) is 0.752. The van der Waals surface area contributed by atoms with Gasteiger partial charge in [0.05, 0.1) is 0 Å². The van der Waals surface area contributed by atoms with E-state index in [1.54, 1.807) is 12.1 Å². The molecule has 0 bridgehead atoms. The maximum Gasteiger partial charge on any atom is 0.354 e. The molecule has 0 amide bonds. The highest BCUT2D eigenvalue weighted by molar-refractivity contribution is 5.85. The molecule has 1 aromatic heterocycles. The fourth-order valence-electron chi connectivity index (χ4n) is 1.000. The van der Waals surface area contributed by atoms with Gasteiger partial charge in [-0.3, -0.25) is 0 Å². The molecule has 0 aromatic carbocycles. The zero-order valence-electron chi connectivity index (χ0n) is 8.35. The van der Waals surface area contributed by atoms with E-state index < -0.39 is 5.97 Å². The van der Waals surface area contributed by atoms with Gasteiger partial charge in [-0.05, 0) is 25.0 Å². The number of aromatic carboxylic acids is 1. The minimum atomic E-state index is -0.990. The maximum absolute atomic E-state index is 10.1. The highest BCUT2D eigenvalue weighted by atomic mass is 16.5. The molecular weight excluding hydrogens is 198 g/mol. The van der Waals surface area contributed by atoms with Gasteiger partial charge in [0, 0.05) is 19.4 Å². The molecule has 5 nitrogen and oxygen atoms in total. The summed E-state index contributed by atoms with van der Waals surface area (Å²) in [6, 6.07) is 4.76. The van der Waals surface area contributed by atoms with Gasteiger partial charge in [0.2, 0.25) is 0 Å². The topological polar surface area (TPSA) is 90.9 Å². The number of carboxylic acid groups (broad SMARTS) is 1. The van der Waals surface area contributed by atoms with Crippen LogP contribution in [0.5, 0.6) is 0 Å². The average molecular weight is 213 g/mol. The second-order valence-corrected chi connectivity index (χ2v) is 2.84. The molecule has 0 aliphatic carbocycles. The second-order valence-electron chi connectivity index (χ2n) is 2.84. The lowest BCUT2D eigenvalue weighted by molar-refractivity contribution is 0.0690. The molecule has 1 aliphatic rings. The summed E-state index contributed by atoms with van der Waals surface area (Å²) in [5, 5.41) is 8.32. The molecule has 15 heavy (non-hydrogen) atoms. The average Bonchev–Trinajstić information content (AvgIpc) is 2.77. The second kappa shape index (κ2) is 7.90. The van der Waals surface area contributed by atoms with Crippen LogP contribution in [0.15, 0.2) is 24.4 Å². The van der Waals surface area contributed by atoms with Crippen LogP contribution >= 0.6 is 0 Å². The van der Waals surface area contributed by atoms with Crippen LogP contribution in [0.3, 0.4) is 0 Å². The van der Waals surface area contributed by atoms with Crippen LogP contribution in [0.1, 0.15) is 23.3 Å². The molecule has 0 radical (unpaired) electrons. The minimum Gasteiger partial charge on any atom is -0.477 e. The number of hydrogen-bond acceptors (Lipinski definition) is 3. The van der Waals surface area contributed by atoms with Gasteiger partial charge >= 0.3 is 5.97 Å². The summed E-state index contributed by atoms with van der Waals surface area (Å²) in [6.07, 6.45) is 4.00. The fraction of sp³-hybridized carbons (Fsp3) is 0.400. The number of aromatic nitrogens is 1. The van der Waals surface area contributed by atoms with Gasteiger partial charge in [0.1, 0.15) is 5.69 Å². The lowest BCUT2D eigenvalue weighted by Gasteiger charge is -1.87. The standard InChI is InChI=1S/C6H5NO2.C4H8O.H2O/c8-6(9)5-3-1-2-4-7-5;1-2-4-5-3-1;/h1-4H,(H,8,9);1-4H2;1H2. The number of carboxylic acids is 1. The zero-order chi connectivity index (χ0) is 10.2. The minimum absolute atomic E-state index is 0. The normalized spacial score (nSPS) is 13.3. The SMILES string of the molecule is C1CCOC1.O.O=C(O)c1ccccn1. The van der Waals surface area contributed by atoms with E-state index in [9.17, 15) is 4.79 Å². The van der Waals surface area contributed by atoms with Crippen LogP contribution in [0.4, 0.5) is 0 Å². The Morgan fingerprint density at radius 3 is 2.27 bits per heavy atom. The summed E-state index contributed by atoms with van der Waals surface area (Å²) in [5.74, 6) is -0.990. The Hall–Kier alpha value is -1.46. The van der Waals surface area contributed by atoms with E-state index in [0.717, 1.165) is 13.2 Å². The summed E-state index contributed by atoms with van der Waals surface area (Å²) in [4.78, 5) is 13.7. The third-order valence-electron chi connectivity index (χ3n) is 1.71. The van der Waals surface area contributed by atoms with Crippen molar-refractivity contribution < 1.29 is 20.1 Å². The zero-order valence-corrected chi connectivity index (χ0v) is 8.35. The van der Waals surface area contributed by atoms with Crippen molar-refractivity contribution in [1.29, 1.82) is 0 Å². The Labute approximate surface area is 88.0 Å². The Bertz CT molecular complexity index is 264. The van der Waals surface area contributed by atoms with E-state index in [0.29, 0.717) is 0 Å². The molecule has 84 valence electrons. The monoisotopic (exact) mass is 213 g/mol. The summed E-state index contributed by atoms with van der Waals surface area (Å²) in [7, 11) is 0. The van der Waals surface area contributed by atoms with Crippen LogP contribution in [0.2, 0.25) is 0 Å². The molecule has 0 spiro atoms. The third-order valence-corrected chi connectivity index (χ3v) is 1.71. The first-order valence-electron chi connectivity index (χ1n) is 4.53. The van der Waals surface area contributed by atoms with Crippen LogP contribution < -0.4 is 0 Å². The van der Waals surface area contributed by atoms with Crippen LogP contribution in [-0.2, 0) is 4.74 Å². The van der Waals surface area contributed by atoms with Gasteiger partial charge in [-0.2, -0.15) is 0 Å². The molecule has 1 aromatic rings. The van der Waals surface area contributed by atoms with Gasteiger partial charge in [-0.25, -0.2) is 9.78 Å². The summed E-state index contributed by atoms with van der Waals surface area (Å²) in [5.41, 5.74) is 0.0810. The Morgan fingerprint density at radius 2 is 2.00 bits per heavy atom. The van der Waals surface area contributed by atoms with Gasteiger partial charge in [-0.1, -0.05) is 6.07 Å². The van der Waals surface area contributed by atoms with E-state index in [4.69, 9.17) is 9.84 Å². The van der Waals surface area contributed by atoms with Crippen molar-refractivity contribution in [3.05, 3.63) is 30.1 Å². The molecule has 1 saturated heterocycles. The van der Waals surface area contributed by atoms with Gasteiger partial charge in [0.15, 0.2) is 0 Å². The molecule has 3 N–H and O–H groups in total. The van der Waals surface area contributed by atoms with E-state index in [2.05, 4.69) is 4.98 Å². The van der Waals surface area contributed by atoms with Crippen LogP contribution in [0, 0.1) is 0 Å². The fourth-order valence-corrected chi connectivity index (χ4v) is 1.000. The summed E-state index contributed by atoms with van der Waals surface area (Å²) >= 11 is 0. The first kappa shape index (κ1) is 13.5. The molecule has 0 saturated carbocycles. The molecule has 0 unspecified atom stereocenters. The van der Waals surface area contributed by atoms with Crippen LogP contribution in [-0.4, -0.2) is 34.7 Å². The lowest BCUT2D eigenvalue weighted by atomic mass is 10.4. The lowest BCUT2D eigenvalue weighted by Crippen LogP contribution is -1.97. The predicted molar refractivity (Wildman–Crippen MR) is 54.9 cm³/mol. The van der Waals surface area contributed by atoms with Crippen molar-refractivity contribution in [3.8, 4) is 0 Å². The van der Waals surface area contributed by atoms with Crippen molar-refractivity contribution in [2.45, 2.75) is 12.8 Å². The number of hydrogen-bond donors (Lipinski definition) is 1. The maximum atomic E-state index is 10.1. The van der Waals surface area contributed by atoms with Crippen molar-refractivity contribution in [2.24, 2.45) is 0 Å². The molecule has 2 rings (SSSR count). The number of ether oxygens (including phenoxy) is 1. The van der Waals surface area contributed by atoms with E-state index >= 15 is 0 Å². The van der Waals surface area contributed by atoms with E-state index in [-0.39, 0.29) is 11.2 Å². The van der Waals surface area contributed by atoms with Crippen molar-refractivity contribution in [2.75, 3.05) is 13.2 Å². The Kier molecular flexibility index (Phi) is 7.13. The van der Waals surface area contributed by atoms with Gasteiger partial charge in [0.25, 0.3) is 0 Å². The largest absolute Gasteiger partial charge is 0.477 e. The quantitative estimate of drug-likeness (QED) is 0.745. The number of nitrogens with zero attached hydrogens (tertiary/aromatic N) is 1. The Balaban J connectivity index is 0.000000280. The Morgan fingerprint density at radius 1 is 1.33 bits per heavy atom. The number of pyridine rings is 1. The summed E-state index contributed by atoms with van der Waals surface area (Å²) < 4.78 is 4.94. The van der Waals surface area contributed by atoms with Crippen molar-refractivity contribution >= 4 is 5.97 Å². The van der Waals surface area contributed by atoms with Gasteiger partial charge < -0.3 is 15.3 Å². The number of carbonyl (C=O) groups is 1. The van der Waals surface area contributed by atoms with Crippen LogP contribution in [0.25, 0.3) is 0 Å². The first-order chi connectivity index (χ1) is 6.80. The summed E-state index contributed by atoms with van der Waals surface area (Å²) in [6.45, 7) is 2.00. The smallest absolute Gasteiger partial charge is 0.354 e. The molecule has 5 heteroatoms. The molecule has 1 aliphatic heterocycles. The first-order valence-corrected chi connectivity index (χ1v) is 4.53. The highest BCUT2D eigenvalue weighted by Crippen LogP contribution is 1.98. The van der Waals surface area contributed by atoms with Crippen molar-refractivity contribution in [3.63, 3.8) is 0 Å². The van der Waals surface area contributed by atoms with E-state index in [1.165, 1.54) is 25.1 Å². The third kappa shape index (κ3) is 5.77. The van der Waals surface area contributed by atoms with Crippen molar-refractivity contribution in [1.82, 2.24) is 4.98 Å². The van der Waals surface area contributed by atoms with E-state index in [1.807, 2.05) is 0 Å². The highest BCUT2D eigenvalue weighted by Gasteiger charge is 1.98. The molecular formula is C10H15NO4.